The van der Waals surface area contributed by atoms with E-state index in [-0.39, 0.29) is 0 Å². The molecule has 0 heteroatoms. The molecule has 0 bridgehead atoms. The minimum Gasteiger partial charge on any atom is -0.0654 e. The van der Waals surface area contributed by atoms with Gasteiger partial charge in [-0.15, -0.1) is 0 Å². The zero-order valence-corrected chi connectivity index (χ0v) is 11.0. The average molecular weight is 198 g/mol. The van der Waals surface area contributed by atoms with Crippen LogP contribution in [0, 0.1) is 17.8 Å². The van der Waals surface area contributed by atoms with Crippen molar-refractivity contribution >= 4 is 0 Å². The van der Waals surface area contributed by atoms with Crippen molar-refractivity contribution < 1.29 is 0 Å². The van der Waals surface area contributed by atoms with Crippen molar-refractivity contribution in [3.8, 4) is 0 Å². The van der Waals surface area contributed by atoms with Crippen LogP contribution in [0.4, 0.5) is 0 Å². The first-order valence-corrected chi connectivity index (χ1v) is 6.74. The normalized spacial score (nSPS) is 15.9. The molecule has 2 atom stereocenters. The van der Waals surface area contributed by atoms with Gasteiger partial charge >= 0.3 is 0 Å². The Kier molecular flexibility index (Phi) is 8.32. The summed E-state index contributed by atoms with van der Waals surface area (Å²) < 4.78 is 0. The van der Waals surface area contributed by atoms with Crippen LogP contribution in [0.25, 0.3) is 0 Å². The molecule has 14 heavy (non-hydrogen) atoms. The summed E-state index contributed by atoms with van der Waals surface area (Å²) in [6.07, 6.45) is 8.29. The van der Waals surface area contributed by atoms with Crippen molar-refractivity contribution in [3.05, 3.63) is 0 Å². The molecule has 0 heterocycles. The lowest BCUT2D eigenvalue weighted by atomic mass is 9.74. The maximum absolute atomic E-state index is 2.38. The third-order valence-corrected chi connectivity index (χ3v) is 3.92. The van der Waals surface area contributed by atoms with Crippen molar-refractivity contribution in [1.82, 2.24) is 0 Å². The van der Waals surface area contributed by atoms with Gasteiger partial charge in [0.1, 0.15) is 0 Å². The maximum Gasteiger partial charge on any atom is -0.0360 e. The van der Waals surface area contributed by atoms with Crippen LogP contribution in [0.3, 0.4) is 0 Å². The first-order chi connectivity index (χ1) is 6.74. The molecule has 0 saturated carbocycles. The average Bonchev–Trinajstić information content (AvgIpc) is 2.23. The van der Waals surface area contributed by atoms with Crippen LogP contribution in [-0.4, -0.2) is 0 Å². The zero-order valence-electron chi connectivity index (χ0n) is 11.0. The number of hydrogen-bond donors (Lipinski definition) is 0. The molecule has 0 spiro atoms. The van der Waals surface area contributed by atoms with E-state index in [1.165, 1.54) is 38.5 Å². The Hall–Kier alpha value is 0. The summed E-state index contributed by atoms with van der Waals surface area (Å²) in [4.78, 5) is 0. The van der Waals surface area contributed by atoms with Gasteiger partial charge in [0.2, 0.25) is 0 Å². The molecule has 0 aliphatic heterocycles. The van der Waals surface area contributed by atoms with Crippen LogP contribution in [0.15, 0.2) is 0 Å². The fourth-order valence-electron chi connectivity index (χ4n) is 3.04. The molecule has 0 aliphatic carbocycles. The second-order valence-corrected chi connectivity index (χ2v) is 4.61. The van der Waals surface area contributed by atoms with E-state index in [0.717, 1.165) is 17.8 Å². The van der Waals surface area contributed by atoms with E-state index in [1.54, 1.807) is 0 Å². The van der Waals surface area contributed by atoms with Gasteiger partial charge in [-0.2, -0.15) is 0 Å². The summed E-state index contributed by atoms with van der Waals surface area (Å²) in [5.41, 5.74) is 0. The monoisotopic (exact) mass is 198 g/mol. The molecule has 0 aliphatic rings. The van der Waals surface area contributed by atoms with Crippen LogP contribution >= 0.6 is 0 Å². The second-order valence-electron chi connectivity index (χ2n) is 4.61. The van der Waals surface area contributed by atoms with Gasteiger partial charge in [0.15, 0.2) is 0 Å². The molecule has 0 aromatic heterocycles. The summed E-state index contributed by atoms with van der Waals surface area (Å²) in [6.45, 7) is 11.8. The highest BCUT2D eigenvalue weighted by atomic mass is 14.3. The van der Waals surface area contributed by atoms with E-state index in [2.05, 4.69) is 34.6 Å². The first kappa shape index (κ1) is 14.0. The summed E-state index contributed by atoms with van der Waals surface area (Å²) >= 11 is 0. The lowest BCUT2D eigenvalue weighted by Gasteiger charge is -2.31. The van der Waals surface area contributed by atoms with Gasteiger partial charge in [0.05, 0.1) is 0 Å². The Morgan fingerprint density at radius 1 is 0.643 bits per heavy atom. The van der Waals surface area contributed by atoms with Crippen molar-refractivity contribution in [3.63, 3.8) is 0 Å². The number of hydrogen-bond acceptors (Lipinski definition) is 0. The predicted octanol–water partition coefficient (Wildman–Crippen LogP) is 5.28. The van der Waals surface area contributed by atoms with Crippen molar-refractivity contribution in [2.24, 2.45) is 17.8 Å². The highest BCUT2D eigenvalue weighted by Crippen LogP contribution is 2.33. The molecule has 0 nitrogen and oxygen atoms in total. The molecule has 86 valence electrons. The summed E-state index contributed by atoms with van der Waals surface area (Å²) in [5.74, 6) is 2.93. The highest BCUT2D eigenvalue weighted by Gasteiger charge is 2.23. The van der Waals surface area contributed by atoms with Gasteiger partial charge in [-0.05, 0) is 17.8 Å². The Labute approximate surface area is 91.5 Å². The smallest absolute Gasteiger partial charge is 0.0360 e. The number of rotatable bonds is 8. The molecule has 0 radical (unpaired) electrons. The fraction of sp³-hybridized carbons (Fsp3) is 1.00. The Bertz CT molecular complexity index is 113. The Balaban J connectivity index is 4.31. The van der Waals surface area contributed by atoms with Crippen LogP contribution in [0.1, 0.15) is 73.1 Å². The topological polar surface area (TPSA) is 0 Å². The van der Waals surface area contributed by atoms with E-state index in [1.807, 2.05) is 0 Å². The molecule has 0 aromatic rings. The zero-order chi connectivity index (χ0) is 11.0. The minimum atomic E-state index is 0.969. The van der Waals surface area contributed by atoms with Crippen molar-refractivity contribution in [2.45, 2.75) is 73.1 Å². The van der Waals surface area contributed by atoms with Gasteiger partial charge in [0, 0.05) is 0 Å². The summed E-state index contributed by atoms with van der Waals surface area (Å²) in [6, 6.07) is 0. The molecule has 0 saturated heterocycles. The van der Waals surface area contributed by atoms with Crippen LogP contribution in [-0.2, 0) is 0 Å². The molecule has 0 rings (SSSR count). The van der Waals surface area contributed by atoms with Gasteiger partial charge in [0.25, 0.3) is 0 Å². The quantitative estimate of drug-likeness (QED) is 0.498. The van der Waals surface area contributed by atoms with Crippen LogP contribution in [0.5, 0.6) is 0 Å². The first-order valence-electron chi connectivity index (χ1n) is 6.74. The Morgan fingerprint density at radius 2 is 1.14 bits per heavy atom. The van der Waals surface area contributed by atoms with E-state index in [9.17, 15) is 0 Å². The van der Waals surface area contributed by atoms with Gasteiger partial charge in [-0.1, -0.05) is 73.1 Å². The molecule has 0 N–H and O–H groups in total. The summed E-state index contributed by atoms with van der Waals surface area (Å²) in [7, 11) is 0. The third kappa shape index (κ3) is 4.02. The lowest BCUT2D eigenvalue weighted by Crippen LogP contribution is -2.22. The lowest BCUT2D eigenvalue weighted by molar-refractivity contribution is 0.190. The van der Waals surface area contributed by atoms with Gasteiger partial charge in [-0.3, -0.25) is 0 Å². The van der Waals surface area contributed by atoms with E-state index >= 15 is 0 Å². The van der Waals surface area contributed by atoms with Crippen LogP contribution in [0.2, 0.25) is 0 Å². The van der Waals surface area contributed by atoms with E-state index in [4.69, 9.17) is 0 Å². The van der Waals surface area contributed by atoms with E-state index in [0.29, 0.717) is 0 Å². The highest BCUT2D eigenvalue weighted by molar-refractivity contribution is 4.74. The van der Waals surface area contributed by atoms with Gasteiger partial charge < -0.3 is 0 Å². The Morgan fingerprint density at radius 3 is 1.43 bits per heavy atom. The van der Waals surface area contributed by atoms with Gasteiger partial charge in [-0.25, -0.2) is 0 Å². The molecular weight excluding hydrogens is 168 g/mol. The maximum atomic E-state index is 2.38. The molecule has 2 unspecified atom stereocenters. The third-order valence-electron chi connectivity index (χ3n) is 3.92. The van der Waals surface area contributed by atoms with Crippen LogP contribution < -0.4 is 0 Å². The predicted molar refractivity (Wildman–Crippen MR) is 66.5 cm³/mol. The van der Waals surface area contributed by atoms with E-state index < -0.39 is 0 Å². The minimum absolute atomic E-state index is 0.969. The molecule has 0 fully saturated rings. The molecule has 0 aromatic carbocycles. The summed E-state index contributed by atoms with van der Waals surface area (Å²) in [5, 5.41) is 0. The second kappa shape index (κ2) is 8.32. The van der Waals surface area contributed by atoms with Crippen molar-refractivity contribution in [2.75, 3.05) is 0 Å². The molecule has 0 amide bonds. The largest absolute Gasteiger partial charge is 0.0654 e. The van der Waals surface area contributed by atoms with Crippen molar-refractivity contribution in [1.29, 1.82) is 0 Å². The molecular formula is C14H30. The SMILES string of the molecule is CCCC(CC)C(CC)C(CC)CC. The standard InChI is InChI=1S/C14H30/c1-6-11-13(9-4)14(10-5)12(7-2)8-3/h12-14H,6-11H2,1-5H3. The fourth-order valence-corrected chi connectivity index (χ4v) is 3.04.